The number of benzene rings is 1. The Labute approximate surface area is 110 Å². The molecule has 1 unspecified atom stereocenters. The van der Waals surface area contributed by atoms with E-state index in [1.54, 1.807) is 0 Å². The first-order valence-electron chi connectivity index (χ1n) is 5.62. The Morgan fingerprint density at radius 1 is 1.47 bits per heavy atom. The van der Waals surface area contributed by atoms with Gasteiger partial charge in [-0.3, -0.25) is 4.90 Å². The summed E-state index contributed by atoms with van der Waals surface area (Å²) in [7, 11) is 3.89. The molecule has 0 fully saturated rings. The minimum atomic E-state index is -0.588. The Balaban J connectivity index is 2.64. The van der Waals surface area contributed by atoms with Gasteiger partial charge in [0.15, 0.2) is 0 Å². The molecule has 0 aliphatic carbocycles. The van der Waals surface area contributed by atoms with Gasteiger partial charge in [0, 0.05) is 10.0 Å². The molecule has 0 bridgehead atoms. The van der Waals surface area contributed by atoms with E-state index in [0.29, 0.717) is 6.61 Å². The predicted octanol–water partition coefficient (Wildman–Crippen LogP) is 2.90. The van der Waals surface area contributed by atoms with Gasteiger partial charge in [-0.1, -0.05) is 15.9 Å². The van der Waals surface area contributed by atoms with Crippen molar-refractivity contribution in [3.05, 3.63) is 28.2 Å². The van der Waals surface area contributed by atoms with Gasteiger partial charge in [-0.2, -0.15) is 5.26 Å². The SMILES string of the molecule is CN(C)C1(C#N)CCCOc2ccc(Br)cc21. The van der Waals surface area contributed by atoms with Crippen molar-refractivity contribution >= 4 is 15.9 Å². The Bertz CT molecular complexity index is 467. The summed E-state index contributed by atoms with van der Waals surface area (Å²) >= 11 is 3.46. The topological polar surface area (TPSA) is 36.3 Å². The fourth-order valence-corrected chi connectivity index (χ4v) is 2.64. The lowest BCUT2D eigenvalue weighted by Gasteiger charge is -2.33. The van der Waals surface area contributed by atoms with E-state index in [4.69, 9.17) is 4.74 Å². The Morgan fingerprint density at radius 2 is 2.24 bits per heavy atom. The van der Waals surface area contributed by atoms with Crippen LogP contribution in [0.2, 0.25) is 0 Å². The molecule has 17 heavy (non-hydrogen) atoms. The largest absolute Gasteiger partial charge is 0.493 e. The summed E-state index contributed by atoms with van der Waals surface area (Å²) < 4.78 is 6.69. The first kappa shape index (κ1) is 12.4. The zero-order valence-electron chi connectivity index (χ0n) is 10.0. The molecular formula is C13H15BrN2O. The average molecular weight is 295 g/mol. The van der Waals surface area contributed by atoms with Gasteiger partial charge in [0.2, 0.25) is 0 Å². The number of fused-ring (bicyclic) bond motifs is 1. The van der Waals surface area contributed by atoms with Crippen molar-refractivity contribution in [1.29, 1.82) is 5.26 Å². The monoisotopic (exact) mass is 294 g/mol. The maximum atomic E-state index is 9.61. The van der Waals surface area contributed by atoms with Gasteiger partial charge in [-0.15, -0.1) is 0 Å². The summed E-state index contributed by atoms with van der Waals surface area (Å²) in [6.45, 7) is 0.673. The lowest BCUT2D eigenvalue weighted by Crippen LogP contribution is -2.39. The summed E-state index contributed by atoms with van der Waals surface area (Å²) in [6, 6.07) is 8.33. The quantitative estimate of drug-likeness (QED) is 0.799. The third kappa shape index (κ3) is 2.05. The minimum absolute atomic E-state index is 0.588. The summed E-state index contributed by atoms with van der Waals surface area (Å²) in [5.41, 5.74) is 0.368. The minimum Gasteiger partial charge on any atom is -0.493 e. The van der Waals surface area contributed by atoms with Crippen LogP contribution in [-0.4, -0.2) is 25.6 Å². The maximum Gasteiger partial charge on any atom is 0.138 e. The number of hydrogen-bond acceptors (Lipinski definition) is 3. The second-order valence-corrected chi connectivity index (χ2v) is 5.37. The van der Waals surface area contributed by atoms with E-state index in [9.17, 15) is 5.26 Å². The van der Waals surface area contributed by atoms with Crippen LogP contribution in [-0.2, 0) is 5.54 Å². The zero-order chi connectivity index (χ0) is 12.5. The highest BCUT2D eigenvalue weighted by Crippen LogP contribution is 2.40. The molecule has 0 spiro atoms. The number of nitriles is 1. The van der Waals surface area contributed by atoms with Crippen LogP contribution in [0.1, 0.15) is 18.4 Å². The second-order valence-electron chi connectivity index (χ2n) is 4.46. The van der Waals surface area contributed by atoms with E-state index in [-0.39, 0.29) is 0 Å². The van der Waals surface area contributed by atoms with Crippen LogP contribution >= 0.6 is 15.9 Å². The highest BCUT2D eigenvalue weighted by molar-refractivity contribution is 9.10. The van der Waals surface area contributed by atoms with Gasteiger partial charge in [0.1, 0.15) is 11.3 Å². The van der Waals surface area contributed by atoms with Crippen molar-refractivity contribution in [2.75, 3.05) is 20.7 Å². The molecule has 0 amide bonds. The van der Waals surface area contributed by atoms with Crippen molar-refractivity contribution in [2.45, 2.75) is 18.4 Å². The molecule has 90 valence electrons. The van der Waals surface area contributed by atoms with Gasteiger partial charge < -0.3 is 4.74 Å². The fraction of sp³-hybridized carbons (Fsp3) is 0.462. The van der Waals surface area contributed by atoms with Crippen molar-refractivity contribution in [3.63, 3.8) is 0 Å². The maximum absolute atomic E-state index is 9.61. The molecule has 0 aromatic heterocycles. The van der Waals surface area contributed by atoms with E-state index in [1.165, 1.54) is 0 Å². The van der Waals surface area contributed by atoms with Crippen molar-refractivity contribution in [1.82, 2.24) is 4.90 Å². The lowest BCUT2D eigenvalue weighted by molar-refractivity contribution is 0.202. The first-order valence-corrected chi connectivity index (χ1v) is 6.41. The normalized spacial score (nSPS) is 23.5. The Kier molecular flexibility index (Phi) is 3.41. The second kappa shape index (κ2) is 4.67. The molecule has 0 saturated carbocycles. The Hall–Kier alpha value is -1.05. The molecule has 1 aliphatic rings. The highest BCUT2D eigenvalue weighted by atomic mass is 79.9. The van der Waals surface area contributed by atoms with Crippen LogP contribution in [0.25, 0.3) is 0 Å². The summed E-state index contributed by atoms with van der Waals surface area (Å²) in [5.74, 6) is 0.820. The number of ether oxygens (including phenoxy) is 1. The molecule has 1 heterocycles. The average Bonchev–Trinajstić information content (AvgIpc) is 2.48. The van der Waals surface area contributed by atoms with Crippen LogP contribution < -0.4 is 4.74 Å². The Morgan fingerprint density at radius 3 is 2.88 bits per heavy atom. The summed E-state index contributed by atoms with van der Waals surface area (Å²) in [5, 5.41) is 9.61. The van der Waals surface area contributed by atoms with E-state index in [1.807, 2.05) is 37.2 Å². The third-order valence-electron chi connectivity index (χ3n) is 3.28. The smallest absolute Gasteiger partial charge is 0.138 e. The van der Waals surface area contributed by atoms with Gasteiger partial charge in [0.05, 0.1) is 12.7 Å². The molecule has 1 atom stereocenters. The molecule has 2 rings (SSSR count). The van der Waals surface area contributed by atoms with Crippen LogP contribution in [0, 0.1) is 11.3 Å². The fourth-order valence-electron chi connectivity index (χ4n) is 2.28. The first-order chi connectivity index (χ1) is 8.10. The molecule has 0 N–H and O–H groups in total. The van der Waals surface area contributed by atoms with Crippen molar-refractivity contribution in [3.8, 4) is 11.8 Å². The highest BCUT2D eigenvalue weighted by Gasteiger charge is 2.38. The summed E-state index contributed by atoms with van der Waals surface area (Å²) in [4.78, 5) is 1.98. The molecular weight excluding hydrogens is 280 g/mol. The molecule has 1 aliphatic heterocycles. The van der Waals surface area contributed by atoms with E-state index >= 15 is 0 Å². The van der Waals surface area contributed by atoms with Gasteiger partial charge >= 0.3 is 0 Å². The van der Waals surface area contributed by atoms with Crippen LogP contribution in [0.3, 0.4) is 0 Å². The number of nitrogens with zero attached hydrogens (tertiary/aromatic N) is 2. The van der Waals surface area contributed by atoms with Crippen LogP contribution in [0.4, 0.5) is 0 Å². The van der Waals surface area contributed by atoms with Gasteiger partial charge in [-0.05, 0) is 45.1 Å². The summed E-state index contributed by atoms with van der Waals surface area (Å²) in [6.07, 6.45) is 1.68. The molecule has 4 heteroatoms. The zero-order valence-corrected chi connectivity index (χ0v) is 11.6. The van der Waals surface area contributed by atoms with Gasteiger partial charge in [0.25, 0.3) is 0 Å². The van der Waals surface area contributed by atoms with Crippen molar-refractivity contribution < 1.29 is 4.74 Å². The van der Waals surface area contributed by atoms with Crippen LogP contribution in [0.5, 0.6) is 5.75 Å². The molecule has 1 aromatic carbocycles. The third-order valence-corrected chi connectivity index (χ3v) is 3.77. The van der Waals surface area contributed by atoms with E-state index in [2.05, 4.69) is 22.0 Å². The molecule has 0 radical (unpaired) electrons. The standard InChI is InChI=1S/C13H15BrN2O/c1-16(2)13(9-15)6-3-7-17-12-5-4-10(14)8-11(12)13/h4-5,8H,3,6-7H2,1-2H3. The predicted molar refractivity (Wildman–Crippen MR) is 69.8 cm³/mol. The van der Waals surface area contributed by atoms with Gasteiger partial charge in [-0.25, -0.2) is 0 Å². The van der Waals surface area contributed by atoms with E-state index < -0.39 is 5.54 Å². The molecule has 1 aromatic rings. The van der Waals surface area contributed by atoms with E-state index in [0.717, 1.165) is 28.6 Å². The van der Waals surface area contributed by atoms with Crippen LogP contribution in [0.15, 0.2) is 22.7 Å². The number of rotatable bonds is 1. The molecule has 0 saturated heterocycles. The van der Waals surface area contributed by atoms with Crippen molar-refractivity contribution in [2.24, 2.45) is 0 Å². The number of halogens is 1. The lowest BCUT2D eigenvalue weighted by atomic mass is 9.85. The molecule has 3 nitrogen and oxygen atoms in total. The number of hydrogen-bond donors (Lipinski definition) is 0.